The zero-order chi connectivity index (χ0) is 68.2. The number of allylic oxidation sites excluding steroid dienone is 4. The number of hydrogen-bond acceptors (Lipinski definition) is 8. The SMILES string of the molecule is N#C/C(=C\c1ccccc1)c1cc2c(OCc3ccccc3)c(c1)Cc1cc(/C(C#N)=C/c3ccccc3)cc(c1OCc1ccccc1)Cc1cc(/C(C#N)=C/c3ccccc3)cc(c1OCc1ccccc1)Cc1cc(/C(C#N)=C/c3ccccc3)cc(c1OCc1ccccc1)C2. The molecule has 0 N–H and O–H groups in total. The number of fused-ring (bicyclic) bond motifs is 8. The van der Waals surface area contributed by atoms with E-state index in [0.29, 0.717) is 67.5 Å². The van der Waals surface area contributed by atoms with Gasteiger partial charge in [0, 0.05) is 25.7 Å². The highest BCUT2D eigenvalue weighted by atomic mass is 16.5. The lowest BCUT2D eigenvalue weighted by atomic mass is 9.86. The molecular weight excluding hydrogens is 1230 g/mol. The first-order valence-electron chi connectivity index (χ1n) is 33.3. The van der Waals surface area contributed by atoms with Crippen LogP contribution in [0.4, 0.5) is 0 Å². The van der Waals surface area contributed by atoms with Gasteiger partial charge in [-0.25, -0.2) is 0 Å². The van der Waals surface area contributed by atoms with Crippen molar-refractivity contribution in [3.05, 3.63) is 402 Å². The number of ether oxygens (including phenoxy) is 4. The number of rotatable bonds is 20. The van der Waals surface area contributed by atoms with Gasteiger partial charge in [-0.2, -0.15) is 21.0 Å². The first-order chi connectivity index (χ1) is 49.3. The third-order valence-corrected chi connectivity index (χ3v) is 17.6. The summed E-state index contributed by atoms with van der Waals surface area (Å²) in [6.45, 7) is 0.775. The van der Waals surface area contributed by atoms with Gasteiger partial charge in [-0.1, -0.05) is 243 Å². The normalized spacial score (nSPS) is 12.2. The number of hydrogen-bond donors (Lipinski definition) is 0. The monoisotopic (exact) mass is 1290 g/mol. The topological polar surface area (TPSA) is 132 Å². The molecule has 100 heavy (non-hydrogen) atoms. The van der Waals surface area contributed by atoms with E-state index in [9.17, 15) is 21.0 Å². The molecule has 8 nitrogen and oxygen atoms in total. The van der Waals surface area contributed by atoms with Crippen LogP contribution in [0.3, 0.4) is 0 Å². The zero-order valence-corrected chi connectivity index (χ0v) is 55.1. The summed E-state index contributed by atoms with van der Waals surface area (Å²) >= 11 is 0. The zero-order valence-electron chi connectivity index (χ0n) is 55.1. The minimum atomic E-state index is 0.187. The Hall–Kier alpha value is -13.2. The third kappa shape index (κ3) is 16.3. The Labute approximate surface area is 585 Å². The molecule has 0 radical (unpaired) electrons. The van der Waals surface area contributed by atoms with E-state index in [1.807, 2.05) is 267 Å². The van der Waals surface area contributed by atoms with Crippen LogP contribution in [0.1, 0.15) is 111 Å². The average molecular weight is 1290 g/mol. The maximum atomic E-state index is 11.5. The molecule has 480 valence electrons. The molecule has 1 aliphatic carbocycles. The molecule has 0 saturated carbocycles. The molecular formula is C92H68N4O4. The van der Waals surface area contributed by atoms with Gasteiger partial charge in [0.15, 0.2) is 0 Å². The molecule has 0 unspecified atom stereocenters. The van der Waals surface area contributed by atoms with Crippen LogP contribution >= 0.6 is 0 Å². The number of benzene rings is 12. The van der Waals surface area contributed by atoms with Crippen molar-refractivity contribution in [1.82, 2.24) is 0 Å². The molecule has 8 bridgehead atoms. The molecule has 0 aromatic heterocycles. The Morgan fingerprint density at radius 3 is 0.560 bits per heavy atom. The van der Waals surface area contributed by atoms with Crippen molar-refractivity contribution < 1.29 is 18.9 Å². The second-order valence-electron chi connectivity index (χ2n) is 24.6. The van der Waals surface area contributed by atoms with Crippen LogP contribution in [0.25, 0.3) is 46.6 Å². The van der Waals surface area contributed by atoms with Gasteiger partial charge in [0.2, 0.25) is 0 Å². The first-order valence-corrected chi connectivity index (χ1v) is 33.3. The van der Waals surface area contributed by atoms with Crippen LogP contribution in [-0.2, 0) is 52.1 Å². The van der Waals surface area contributed by atoms with E-state index in [4.69, 9.17) is 18.9 Å². The van der Waals surface area contributed by atoms with E-state index in [2.05, 4.69) is 72.8 Å². The Balaban J connectivity index is 1.17. The van der Waals surface area contributed by atoms with Gasteiger partial charge in [-0.05, 0) is 184 Å². The van der Waals surface area contributed by atoms with Gasteiger partial charge in [-0.15, -0.1) is 0 Å². The molecule has 8 heteroatoms. The smallest absolute Gasteiger partial charge is 0.126 e. The van der Waals surface area contributed by atoms with Crippen molar-refractivity contribution in [3.63, 3.8) is 0 Å². The average Bonchev–Trinajstić information content (AvgIpc) is 0.771. The first kappa shape index (κ1) is 65.4. The van der Waals surface area contributed by atoms with Crippen molar-refractivity contribution in [2.45, 2.75) is 52.1 Å². The van der Waals surface area contributed by atoms with Crippen LogP contribution in [0.15, 0.2) is 291 Å². The standard InChI is InChI=1S/C92H68N4O4/c93-57-85(41-65-25-9-1-10-26-65)73-45-77-53-79-47-74(86(58-94)42-66-27-11-2-12-28-66)49-81(90(79)98-62-70-35-19-6-20-36-70)55-83-51-76(88(60-96)44-68-31-15-4-16-32-68)52-84(92(83)100-64-72-39-23-8-24-40-72)56-82-50-75(87(59-95)43-67-29-13-3-14-30-67)48-80(91(82)99-63-71-37-21-7-22-38-71)54-78(46-73)89(77)97-61-69-33-17-5-18-34-69/h1-52H,53-56,61-64H2/b85-41+,86-42+,87-43+,88-44+. The van der Waals surface area contributed by atoms with Gasteiger partial charge in [0.25, 0.3) is 0 Å². The van der Waals surface area contributed by atoms with Crippen LogP contribution in [0, 0.1) is 45.3 Å². The molecule has 0 atom stereocenters. The van der Waals surface area contributed by atoms with Crippen LogP contribution < -0.4 is 18.9 Å². The molecule has 0 saturated heterocycles. The Kier molecular flexibility index (Phi) is 20.9. The lowest BCUT2D eigenvalue weighted by Gasteiger charge is -2.25. The fraction of sp³-hybridized carbons (Fsp3) is 0.0870. The van der Waals surface area contributed by atoms with Crippen molar-refractivity contribution in [3.8, 4) is 47.3 Å². The highest BCUT2D eigenvalue weighted by Crippen LogP contribution is 2.44. The molecule has 0 spiro atoms. The summed E-state index contributed by atoms with van der Waals surface area (Å²) in [5.41, 5.74) is 17.4. The Morgan fingerprint density at radius 2 is 0.400 bits per heavy atom. The third-order valence-electron chi connectivity index (χ3n) is 17.6. The highest BCUT2D eigenvalue weighted by Gasteiger charge is 2.27. The number of nitrogens with zero attached hydrogens (tertiary/aromatic N) is 4. The maximum Gasteiger partial charge on any atom is 0.126 e. The number of nitriles is 4. The lowest BCUT2D eigenvalue weighted by Crippen LogP contribution is -2.11. The molecule has 0 fully saturated rings. The molecule has 12 aromatic carbocycles. The molecule has 1 aliphatic rings. The molecule has 13 rings (SSSR count). The van der Waals surface area contributed by atoms with Gasteiger partial charge < -0.3 is 18.9 Å². The van der Waals surface area contributed by atoms with E-state index >= 15 is 0 Å². The fourth-order valence-electron chi connectivity index (χ4n) is 12.8. The fourth-order valence-corrected chi connectivity index (χ4v) is 12.8. The highest BCUT2D eigenvalue weighted by molar-refractivity contribution is 5.94. The van der Waals surface area contributed by atoms with Crippen LogP contribution in [0.5, 0.6) is 23.0 Å². The van der Waals surface area contributed by atoms with Crippen molar-refractivity contribution in [1.29, 1.82) is 21.0 Å². The predicted octanol–water partition coefficient (Wildman–Crippen LogP) is 20.9. The summed E-state index contributed by atoms with van der Waals surface area (Å²) in [7, 11) is 0. The van der Waals surface area contributed by atoms with Gasteiger partial charge in [-0.3, -0.25) is 0 Å². The van der Waals surface area contributed by atoms with Crippen LogP contribution in [0.2, 0.25) is 0 Å². The van der Waals surface area contributed by atoms with E-state index in [1.54, 1.807) is 0 Å². The predicted molar refractivity (Wildman–Crippen MR) is 400 cm³/mol. The van der Waals surface area contributed by atoms with Gasteiger partial charge in [0.1, 0.15) is 49.4 Å². The Bertz CT molecular complexity index is 4430. The summed E-state index contributed by atoms with van der Waals surface area (Å²) in [6, 6.07) is 106. The molecule has 0 heterocycles. The summed E-state index contributed by atoms with van der Waals surface area (Å²) in [5, 5.41) is 45.9. The summed E-state index contributed by atoms with van der Waals surface area (Å²) in [5.74, 6) is 2.33. The second-order valence-corrected chi connectivity index (χ2v) is 24.6. The summed E-state index contributed by atoms with van der Waals surface area (Å²) < 4.78 is 29.5. The maximum absolute atomic E-state index is 11.5. The van der Waals surface area contributed by atoms with E-state index in [0.717, 1.165) is 89.0 Å². The van der Waals surface area contributed by atoms with Crippen molar-refractivity contribution in [2.75, 3.05) is 0 Å². The quantitative estimate of drug-likeness (QED) is 0.0544. The van der Waals surface area contributed by atoms with Gasteiger partial charge >= 0.3 is 0 Å². The van der Waals surface area contributed by atoms with E-state index < -0.39 is 0 Å². The Morgan fingerprint density at radius 1 is 0.240 bits per heavy atom. The minimum Gasteiger partial charge on any atom is -0.488 e. The van der Waals surface area contributed by atoms with Crippen LogP contribution in [-0.4, -0.2) is 0 Å². The second kappa shape index (κ2) is 32.0. The lowest BCUT2D eigenvalue weighted by molar-refractivity contribution is 0.293. The van der Waals surface area contributed by atoms with Crippen molar-refractivity contribution in [2.24, 2.45) is 0 Å². The van der Waals surface area contributed by atoms with E-state index in [1.165, 1.54) is 0 Å². The molecule has 0 amide bonds. The van der Waals surface area contributed by atoms with E-state index in [-0.39, 0.29) is 52.1 Å². The minimum absolute atomic E-state index is 0.187. The van der Waals surface area contributed by atoms with Gasteiger partial charge in [0.05, 0.1) is 46.6 Å². The summed E-state index contributed by atoms with van der Waals surface area (Å²) in [4.78, 5) is 0. The van der Waals surface area contributed by atoms with Crippen molar-refractivity contribution >= 4 is 46.6 Å². The molecule has 12 aromatic rings. The largest absolute Gasteiger partial charge is 0.488 e. The molecule has 0 aliphatic heterocycles. The summed E-state index contributed by atoms with van der Waals surface area (Å²) in [6.07, 6.45) is 8.39.